The maximum atomic E-state index is 13.3. The Kier molecular flexibility index (Phi) is 7.03. The molecule has 1 atom stereocenters. The summed E-state index contributed by atoms with van der Waals surface area (Å²) in [6.07, 6.45) is 3.04. The maximum absolute atomic E-state index is 13.3. The lowest BCUT2D eigenvalue weighted by atomic mass is 9.98. The number of primary amides is 1. The van der Waals surface area contributed by atoms with Gasteiger partial charge in [0.15, 0.2) is 0 Å². The maximum Gasteiger partial charge on any atom is 0.251 e. The fourth-order valence-corrected chi connectivity index (χ4v) is 4.76. The van der Waals surface area contributed by atoms with Gasteiger partial charge in [-0.2, -0.15) is 5.10 Å². The summed E-state index contributed by atoms with van der Waals surface area (Å²) in [6, 6.07) is 20.4. The number of carbonyl (C=O) groups is 2. The van der Waals surface area contributed by atoms with Gasteiger partial charge in [-0.3, -0.25) is 14.3 Å². The Morgan fingerprint density at radius 1 is 1.03 bits per heavy atom. The van der Waals surface area contributed by atoms with Crippen LogP contribution < -0.4 is 11.1 Å². The van der Waals surface area contributed by atoms with Crippen LogP contribution in [0, 0.1) is 0 Å². The molecule has 0 aliphatic carbocycles. The molecule has 1 unspecified atom stereocenters. The molecular weight excluding hydrogens is 452 g/mol. The van der Waals surface area contributed by atoms with Crippen LogP contribution in [0.3, 0.4) is 0 Å². The Balaban J connectivity index is 1.67. The summed E-state index contributed by atoms with van der Waals surface area (Å²) in [6.45, 7) is 0.661. The first-order valence-electron chi connectivity index (χ1n) is 10.7. The van der Waals surface area contributed by atoms with Crippen LogP contribution in [0.4, 0.5) is 0 Å². The molecule has 0 aliphatic rings. The Morgan fingerprint density at radius 3 is 2.56 bits per heavy atom. The van der Waals surface area contributed by atoms with Crippen molar-refractivity contribution in [2.75, 3.05) is 0 Å². The molecule has 34 heavy (non-hydrogen) atoms. The van der Waals surface area contributed by atoms with E-state index in [2.05, 4.69) is 10.4 Å². The lowest BCUT2D eigenvalue weighted by molar-refractivity contribution is -0.118. The molecule has 174 valence electrons. The van der Waals surface area contributed by atoms with Crippen LogP contribution in [0.1, 0.15) is 38.7 Å². The van der Waals surface area contributed by atoms with Gasteiger partial charge in [0, 0.05) is 30.9 Å². The summed E-state index contributed by atoms with van der Waals surface area (Å²) in [5, 5.41) is 7.97. The van der Waals surface area contributed by atoms with Crippen LogP contribution in [-0.2, 0) is 28.6 Å². The van der Waals surface area contributed by atoms with Crippen molar-refractivity contribution in [3.05, 3.63) is 101 Å². The van der Waals surface area contributed by atoms with Gasteiger partial charge in [0.1, 0.15) is 10.7 Å². The van der Waals surface area contributed by atoms with Crippen molar-refractivity contribution in [1.29, 1.82) is 0 Å². The fourth-order valence-electron chi connectivity index (χ4n) is 3.98. The summed E-state index contributed by atoms with van der Waals surface area (Å²) in [4.78, 5) is 24.8. The van der Waals surface area contributed by atoms with E-state index in [-0.39, 0.29) is 17.7 Å². The number of thiol groups is 1. The molecule has 0 saturated carbocycles. The molecule has 1 heterocycles. The summed E-state index contributed by atoms with van der Waals surface area (Å²) in [5.41, 5.74) is 7.42. The van der Waals surface area contributed by atoms with Crippen LogP contribution in [0.25, 0.3) is 10.8 Å². The summed E-state index contributed by atoms with van der Waals surface area (Å²) in [5.74, 6) is -1.19. The van der Waals surface area contributed by atoms with E-state index in [9.17, 15) is 18.0 Å². The van der Waals surface area contributed by atoms with Crippen LogP contribution in [0.5, 0.6) is 0 Å². The predicted octanol–water partition coefficient (Wildman–Crippen LogP) is 2.54. The number of hydrogen-bond acceptors (Lipinski definition) is 5. The molecule has 0 radical (unpaired) electrons. The van der Waals surface area contributed by atoms with E-state index >= 15 is 0 Å². The van der Waals surface area contributed by atoms with Gasteiger partial charge in [0.05, 0.1) is 11.8 Å². The molecule has 8 nitrogen and oxygen atoms in total. The Labute approximate surface area is 198 Å². The van der Waals surface area contributed by atoms with Gasteiger partial charge in [-0.05, 0) is 39.6 Å². The number of aromatic nitrogens is 2. The zero-order valence-electron chi connectivity index (χ0n) is 18.3. The quantitative estimate of drug-likeness (QED) is 0.320. The average Bonchev–Trinajstić information content (AvgIpc) is 3.34. The van der Waals surface area contributed by atoms with Gasteiger partial charge in [0.2, 0.25) is 5.91 Å². The topological polar surface area (TPSA) is 124 Å². The average molecular weight is 477 g/mol. The van der Waals surface area contributed by atoms with Crippen LogP contribution >= 0.6 is 0 Å². The monoisotopic (exact) mass is 476 g/mol. The van der Waals surface area contributed by atoms with Gasteiger partial charge in [0.25, 0.3) is 5.91 Å². The minimum atomic E-state index is -3.04. The fraction of sp³-hybridized carbons (Fsp3) is 0.160. The highest BCUT2D eigenvalue weighted by atomic mass is 32.2. The highest BCUT2D eigenvalue weighted by Gasteiger charge is 2.24. The van der Waals surface area contributed by atoms with Crippen LogP contribution in [0.2, 0.25) is 0 Å². The lowest BCUT2D eigenvalue weighted by Crippen LogP contribution is -2.26. The zero-order chi connectivity index (χ0) is 24.1. The number of nitrogens with two attached hydrogens (primary N) is 1. The second kappa shape index (κ2) is 10.3. The van der Waals surface area contributed by atoms with Gasteiger partial charge in [-0.15, -0.1) is 0 Å². The smallest absolute Gasteiger partial charge is 0.251 e. The van der Waals surface area contributed by atoms with Crippen molar-refractivity contribution in [2.24, 2.45) is 5.73 Å². The highest BCUT2D eigenvalue weighted by molar-refractivity contribution is 7.72. The third kappa shape index (κ3) is 5.32. The molecule has 0 spiro atoms. The standard InChI is InChI=1S/C25H24N4O4S/c26-24(30)14-23(34(32)33)21-10-9-17(16-29-12-4-11-28-29)13-22(21)25(31)27-15-19-7-3-6-18-5-1-2-8-20(18)19/h1-13,23,34H,14-16H2,(H2,26,30)(H,27,31). The Hall–Kier alpha value is -3.98. The molecule has 3 aromatic carbocycles. The number of benzene rings is 3. The third-order valence-electron chi connectivity index (χ3n) is 5.59. The number of hydrogen-bond donors (Lipinski definition) is 3. The van der Waals surface area contributed by atoms with Gasteiger partial charge in [-0.25, -0.2) is 8.42 Å². The number of fused-ring (bicyclic) bond motifs is 1. The molecule has 0 bridgehead atoms. The molecule has 3 N–H and O–H groups in total. The third-order valence-corrected chi connectivity index (χ3v) is 6.56. The first kappa shape index (κ1) is 23.2. The molecule has 2 amide bonds. The van der Waals surface area contributed by atoms with Crippen molar-refractivity contribution in [3.63, 3.8) is 0 Å². The lowest BCUT2D eigenvalue weighted by Gasteiger charge is -2.17. The van der Waals surface area contributed by atoms with E-state index in [4.69, 9.17) is 5.73 Å². The summed E-state index contributed by atoms with van der Waals surface area (Å²) in [7, 11) is -3.04. The largest absolute Gasteiger partial charge is 0.370 e. The van der Waals surface area contributed by atoms with E-state index in [1.54, 1.807) is 41.3 Å². The molecule has 4 rings (SSSR count). The molecule has 9 heteroatoms. The number of nitrogens with one attached hydrogen (secondary N) is 1. The Bertz CT molecular complexity index is 1400. The first-order valence-corrected chi connectivity index (χ1v) is 11.9. The van der Waals surface area contributed by atoms with Gasteiger partial charge >= 0.3 is 0 Å². The number of carbonyl (C=O) groups excluding carboxylic acids is 2. The first-order chi connectivity index (χ1) is 16.4. The molecule has 0 saturated heterocycles. The second-order valence-electron chi connectivity index (χ2n) is 7.92. The number of amides is 2. The molecule has 1 aromatic heterocycles. The van der Waals surface area contributed by atoms with E-state index in [1.807, 2.05) is 42.5 Å². The summed E-state index contributed by atoms with van der Waals surface area (Å²) < 4.78 is 25.6. The van der Waals surface area contributed by atoms with Crippen molar-refractivity contribution < 1.29 is 18.0 Å². The molecule has 4 aromatic rings. The van der Waals surface area contributed by atoms with Crippen molar-refractivity contribution >= 4 is 33.3 Å². The zero-order valence-corrected chi connectivity index (χ0v) is 19.2. The SMILES string of the molecule is NC(=O)CC(c1ccc(Cn2cccn2)cc1C(=O)NCc1cccc2ccccc12)[SH](=O)=O. The summed E-state index contributed by atoms with van der Waals surface area (Å²) >= 11 is 0. The van der Waals surface area contributed by atoms with E-state index in [0.717, 1.165) is 21.9 Å². The molecule has 0 fully saturated rings. The molecule has 0 aliphatic heterocycles. The number of rotatable bonds is 9. The normalized spacial score (nSPS) is 12.0. The van der Waals surface area contributed by atoms with Gasteiger partial charge < -0.3 is 11.1 Å². The van der Waals surface area contributed by atoms with E-state index < -0.39 is 34.2 Å². The number of nitrogens with zero attached hydrogens (tertiary/aromatic N) is 2. The molecular formula is C25H24N4O4S. The minimum absolute atomic E-state index is 0.190. The van der Waals surface area contributed by atoms with E-state index in [1.165, 1.54) is 0 Å². The second-order valence-corrected chi connectivity index (χ2v) is 9.11. The Morgan fingerprint density at radius 2 is 1.82 bits per heavy atom. The van der Waals surface area contributed by atoms with Crippen molar-refractivity contribution in [3.8, 4) is 0 Å². The van der Waals surface area contributed by atoms with Crippen molar-refractivity contribution in [1.82, 2.24) is 15.1 Å². The van der Waals surface area contributed by atoms with Gasteiger partial charge in [-0.1, -0.05) is 54.6 Å². The predicted molar refractivity (Wildman–Crippen MR) is 130 cm³/mol. The van der Waals surface area contributed by atoms with E-state index in [0.29, 0.717) is 6.54 Å². The van der Waals surface area contributed by atoms with Crippen molar-refractivity contribution in [2.45, 2.75) is 24.8 Å². The minimum Gasteiger partial charge on any atom is -0.370 e. The van der Waals surface area contributed by atoms with Crippen LogP contribution in [0.15, 0.2) is 79.1 Å². The van der Waals surface area contributed by atoms with Crippen LogP contribution in [-0.4, -0.2) is 30.0 Å². The highest BCUT2D eigenvalue weighted by Crippen LogP contribution is 2.26.